The third-order valence-corrected chi connectivity index (χ3v) is 8.01. The van der Waals surface area contributed by atoms with Crippen molar-refractivity contribution in [1.82, 2.24) is 0 Å². The van der Waals surface area contributed by atoms with E-state index in [2.05, 4.69) is 15.9 Å². The lowest BCUT2D eigenvalue weighted by Crippen LogP contribution is -2.45. The minimum Gasteiger partial charge on any atom is -0.326 e. The van der Waals surface area contributed by atoms with Gasteiger partial charge in [-0.15, -0.1) is 11.3 Å². The molecule has 0 fully saturated rings. The number of sulfonamides is 1. The molecule has 0 amide bonds. The molecule has 2 heterocycles. The van der Waals surface area contributed by atoms with Gasteiger partial charge in [0.15, 0.2) is 0 Å². The van der Waals surface area contributed by atoms with Crippen molar-refractivity contribution >= 4 is 54.6 Å². The van der Waals surface area contributed by atoms with Crippen LogP contribution in [0.3, 0.4) is 0 Å². The van der Waals surface area contributed by atoms with Gasteiger partial charge in [-0.05, 0) is 40.0 Å². The van der Waals surface area contributed by atoms with Gasteiger partial charge in [-0.2, -0.15) is 0 Å². The molecule has 0 saturated heterocycles. The first-order chi connectivity index (χ1) is 9.89. The average molecular weight is 408 g/mol. The standard InChI is InChI=1S/C13H12BrClN2O2S2/c14-13-10(15)6-12(20-13)21(18,19)17-7-9(16)5-8-3-1-2-4-11(8)17/h1-4,6,9H,5,7,16H2. The van der Waals surface area contributed by atoms with E-state index < -0.39 is 10.0 Å². The van der Waals surface area contributed by atoms with Gasteiger partial charge >= 0.3 is 0 Å². The quantitative estimate of drug-likeness (QED) is 0.831. The van der Waals surface area contributed by atoms with Gasteiger partial charge in [-0.25, -0.2) is 8.42 Å². The predicted molar refractivity (Wildman–Crippen MR) is 89.7 cm³/mol. The van der Waals surface area contributed by atoms with Crippen LogP contribution < -0.4 is 10.0 Å². The summed E-state index contributed by atoms with van der Waals surface area (Å²) < 4.78 is 27.9. The number of para-hydroxylation sites is 1. The summed E-state index contributed by atoms with van der Waals surface area (Å²) in [5.74, 6) is 0. The Labute approximate surface area is 140 Å². The Morgan fingerprint density at radius 3 is 2.76 bits per heavy atom. The van der Waals surface area contributed by atoms with Crippen molar-refractivity contribution in [3.05, 3.63) is 44.7 Å². The minimum atomic E-state index is -3.65. The number of benzene rings is 1. The molecule has 0 bridgehead atoms. The second kappa shape index (κ2) is 5.55. The smallest absolute Gasteiger partial charge is 0.273 e. The fraction of sp³-hybridized carbons (Fsp3) is 0.231. The van der Waals surface area contributed by atoms with Crippen molar-refractivity contribution in [2.24, 2.45) is 5.73 Å². The Bertz CT molecular complexity index is 772. The number of nitrogens with zero attached hydrogens (tertiary/aromatic N) is 1. The van der Waals surface area contributed by atoms with Crippen molar-refractivity contribution in [1.29, 1.82) is 0 Å². The van der Waals surface area contributed by atoms with Crippen LogP contribution in [0.1, 0.15) is 5.56 Å². The molecule has 1 aliphatic heterocycles. The average Bonchev–Trinajstić information content (AvgIpc) is 2.78. The largest absolute Gasteiger partial charge is 0.326 e. The van der Waals surface area contributed by atoms with Gasteiger partial charge in [-0.3, -0.25) is 4.31 Å². The molecule has 1 aromatic heterocycles. The summed E-state index contributed by atoms with van der Waals surface area (Å²) in [4.78, 5) is 0. The second-order valence-corrected chi connectivity index (χ2v) is 9.68. The lowest BCUT2D eigenvalue weighted by atomic mass is 10.0. The van der Waals surface area contributed by atoms with Crippen LogP contribution in [0.2, 0.25) is 5.02 Å². The highest BCUT2D eigenvalue weighted by Crippen LogP contribution is 2.38. The summed E-state index contributed by atoms with van der Waals surface area (Å²) >= 11 is 10.3. The molecule has 0 saturated carbocycles. The maximum absolute atomic E-state index is 12.9. The van der Waals surface area contributed by atoms with Gasteiger partial charge in [-0.1, -0.05) is 29.8 Å². The number of nitrogens with two attached hydrogens (primary N) is 1. The zero-order valence-corrected chi connectivity index (χ0v) is 14.8. The fourth-order valence-corrected chi connectivity index (χ4v) is 6.45. The number of halogens is 2. The van der Waals surface area contributed by atoms with Crippen LogP contribution in [0, 0.1) is 0 Å². The molecule has 3 rings (SSSR count). The van der Waals surface area contributed by atoms with Crippen LogP contribution in [0.4, 0.5) is 5.69 Å². The van der Waals surface area contributed by atoms with E-state index in [0.29, 0.717) is 20.9 Å². The van der Waals surface area contributed by atoms with Crippen LogP contribution in [0.25, 0.3) is 0 Å². The van der Waals surface area contributed by atoms with Crippen molar-refractivity contribution < 1.29 is 8.42 Å². The zero-order chi connectivity index (χ0) is 15.2. The summed E-state index contributed by atoms with van der Waals surface area (Å²) in [5.41, 5.74) is 7.65. The van der Waals surface area contributed by atoms with Crippen molar-refractivity contribution in [3.63, 3.8) is 0 Å². The molecule has 4 nitrogen and oxygen atoms in total. The van der Waals surface area contributed by atoms with E-state index in [1.165, 1.54) is 10.4 Å². The third-order valence-electron chi connectivity index (χ3n) is 3.31. The molecular formula is C13H12BrClN2O2S2. The molecule has 1 aliphatic rings. The van der Waals surface area contributed by atoms with E-state index in [0.717, 1.165) is 16.9 Å². The molecule has 0 aliphatic carbocycles. The molecule has 112 valence electrons. The molecule has 0 radical (unpaired) electrons. The number of hydrogen-bond donors (Lipinski definition) is 1. The van der Waals surface area contributed by atoms with Crippen LogP contribution in [0.5, 0.6) is 0 Å². The molecular weight excluding hydrogens is 396 g/mol. The van der Waals surface area contributed by atoms with Gasteiger partial charge in [0, 0.05) is 12.6 Å². The van der Waals surface area contributed by atoms with Crippen LogP contribution in [0.15, 0.2) is 38.3 Å². The second-order valence-electron chi connectivity index (χ2n) is 4.82. The Balaban J connectivity index is 2.11. The normalized spacial score (nSPS) is 18.6. The third kappa shape index (κ3) is 2.73. The number of fused-ring (bicyclic) bond motifs is 1. The Kier molecular flexibility index (Phi) is 4.04. The summed E-state index contributed by atoms with van der Waals surface area (Å²) in [6, 6.07) is 8.69. The maximum Gasteiger partial charge on any atom is 0.273 e. The number of thiophene rings is 1. The first-order valence-electron chi connectivity index (χ1n) is 6.20. The molecule has 1 atom stereocenters. The van der Waals surface area contributed by atoms with Gasteiger partial charge in [0.25, 0.3) is 10.0 Å². The van der Waals surface area contributed by atoms with Gasteiger partial charge < -0.3 is 5.73 Å². The van der Waals surface area contributed by atoms with E-state index in [1.807, 2.05) is 24.3 Å². The molecule has 21 heavy (non-hydrogen) atoms. The van der Waals surface area contributed by atoms with Crippen molar-refractivity contribution in [3.8, 4) is 0 Å². The first kappa shape index (κ1) is 15.3. The predicted octanol–water partition coefficient (Wildman–Crippen LogP) is 3.24. The van der Waals surface area contributed by atoms with Crippen molar-refractivity contribution in [2.75, 3.05) is 10.8 Å². The highest BCUT2D eigenvalue weighted by atomic mass is 79.9. The van der Waals surface area contributed by atoms with Crippen LogP contribution in [-0.4, -0.2) is 21.0 Å². The van der Waals surface area contributed by atoms with Gasteiger partial charge in [0.05, 0.1) is 14.5 Å². The van der Waals surface area contributed by atoms with Gasteiger partial charge in [0.1, 0.15) is 4.21 Å². The van der Waals surface area contributed by atoms with Crippen molar-refractivity contribution in [2.45, 2.75) is 16.7 Å². The molecule has 2 N–H and O–H groups in total. The van der Waals surface area contributed by atoms with E-state index in [-0.39, 0.29) is 16.8 Å². The lowest BCUT2D eigenvalue weighted by Gasteiger charge is -2.33. The van der Waals surface area contributed by atoms with Gasteiger partial charge in [0.2, 0.25) is 0 Å². The fourth-order valence-electron chi connectivity index (χ4n) is 2.38. The van der Waals surface area contributed by atoms with E-state index in [1.54, 1.807) is 0 Å². The monoisotopic (exact) mass is 406 g/mol. The molecule has 1 aromatic carbocycles. The first-order valence-corrected chi connectivity index (χ1v) is 9.63. The minimum absolute atomic E-state index is 0.211. The Morgan fingerprint density at radius 1 is 1.38 bits per heavy atom. The zero-order valence-electron chi connectivity index (χ0n) is 10.8. The van der Waals surface area contributed by atoms with E-state index >= 15 is 0 Å². The lowest BCUT2D eigenvalue weighted by molar-refractivity contribution is 0.577. The summed E-state index contributed by atoms with van der Waals surface area (Å²) in [6.07, 6.45) is 0.678. The molecule has 2 aromatic rings. The number of anilines is 1. The van der Waals surface area contributed by atoms with E-state index in [9.17, 15) is 8.42 Å². The molecule has 0 spiro atoms. The maximum atomic E-state index is 12.9. The highest BCUT2D eigenvalue weighted by Gasteiger charge is 2.33. The highest BCUT2D eigenvalue weighted by molar-refractivity contribution is 9.11. The summed E-state index contributed by atoms with van der Waals surface area (Å²) in [7, 11) is -3.65. The van der Waals surface area contributed by atoms with Crippen LogP contribution in [-0.2, 0) is 16.4 Å². The Hall–Kier alpha value is -0.600. The summed E-state index contributed by atoms with van der Waals surface area (Å²) in [5, 5.41) is 0.396. The number of hydrogen-bond acceptors (Lipinski definition) is 4. The molecule has 8 heteroatoms. The topological polar surface area (TPSA) is 63.4 Å². The summed E-state index contributed by atoms with van der Waals surface area (Å²) in [6.45, 7) is 0.270. The Morgan fingerprint density at radius 2 is 2.10 bits per heavy atom. The van der Waals surface area contributed by atoms with E-state index in [4.69, 9.17) is 17.3 Å². The van der Waals surface area contributed by atoms with Crippen LogP contribution >= 0.6 is 38.9 Å². The SMILES string of the molecule is NC1Cc2ccccc2N(S(=O)(=O)c2cc(Cl)c(Br)s2)C1. The molecule has 1 unspecified atom stereocenters. The number of rotatable bonds is 2.